The van der Waals surface area contributed by atoms with Crippen molar-refractivity contribution in [1.82, 2.24) is 4.83 Å². The summed E-state index contributed by atoms with van der Waals surface area (Å²) in [7, 11) is -3.81. The van der Waals surface area contributed by atoms with Crippen molar-refractivity contribution in [3.63, 3.8) is 0 Å². The average molecular weight is 394 g/mol. The first-order valence-electron chi connectivity index (χ1n) is 8.35. The molecule has 3 rings (SSSR count). The van der Waals surface area contributed by atoms with E-state index in [9.17, 15) is 13.7 Å². The van der Waals surface area contributed by atoms with Gasteiger partial charge in [0.15, 0.2) is 0 Å². The second-order valence-electron chi connectivity index (χ2n) is 6.14. The summed E-state index contributed by atoms with van der Waals surface area (Å²) in [6.45, 7) is 1.87. The molecule has 1 unspecified atom stereocenters. The van der Waals surface area contributed by atoms with E-state index in [0.29, 0.717) is 5.57 Å². The molecule has 28 heavy (non-hydrogen) atoms. The van der Waals surface area contributed by atoms with E-state index in [2.05, 4.69) is 16.0 Å². The predicted molar refractivity (Wildman–Crippen MR) is 105 cm³/mol. The smallest absolute Gasteiger partial charge is 0.276 e. The minimum atomic E-state index is -3.81. The van der Waals surface area contributed by atoms with E-state index >= 15 is 0 Å². The van der Waals surface area contributed by atoms with Crippen molar-refractivity contribution < 1.29 is 13.2 Å². The molecule has 0 spiro atoms. The number of hydrogen-bond acceptors (Lipinski definition) is 6. The lowest BCUT2D eigenvalue weighted by Gasteiger charge is -2.22. The van der Waals surface area contributed by atoms with Gasteiger partial charge in [0.05, 0.1) is 23.3 Å². The van der Waals surface area contributed by atoms with E-state index in [1.165, 1.54) is 24.6 Å². The molecule has 1 aliphatic heterocycles. The fourth-order valence-electron chi connectivity index (χ4n) is 2.74. The van der Waals surface area contributed by atoms with Crippen molar-refractivity contribution in [3.8, 4) is 6.07 Å². The number of hydrogen-bond donors (Lipinski definition) is 2. The molecule has 8 heteroatoms. The van der Waals surface area contributed by atoms with Crippen LogP contribution in [0.1, 0.15) is 17.0 Å². The highest BCUT2D eigenvalue weighted by atomic mass is 32.2. The van der Waals surface area contributed by atoms with Gasteiger partial charge in [-0.2, -0.15) is 18.8 Å². The molecule has 142 valence electrons. The lowest BCUT2D eigenvalue weighted by molar-refractivity contribution is 0.327. The van der Waals surface area contributed by atoms with Crippen LogP contribution in [0.3, 0.4) is 0 Å². The third-order valence-electron chi connectivity index (χ3n) is 4.18. The number of nitriles is 1. The number of nitrogens with one attached hydrogen (secondary N) is 1. The Morgan fingerprint density at radius 2 is 1.86 bits per heavy atom. The maximum atomic E-state index is 12.4. The van der Waals surface area contributed by atoms with Gasteiger partial charge in [0.25, 0.3) is 10.0 Å². The fraction of sp³-hybridized carbons (Fsp3) is 0.100. The minimum absolute atomic E-state index is 0.00809. The number of benzene rings is 2. The molecule has 0 amide bonds. The molecule has 3 N–H and O–H groups in total. The van der Waals surface area contributed by atoms with E-state index < -0.39 is 15.9 Å². The summed E-state index contributed by atoms with van der Waals surface area (Å²) in [6.07, 6.45) is 2.67. The molecule has 0 aliphatic carbocycles. The van der Waals surface area contributed by atoms with Crippen LogP contribution in [0.2, 0.25) is 0 Å². The molecule has 1 atom stereocenters. The lowest BCUT2D eigenvalue weighted by Crippen LogP contribution is -2.21. The van der Waals surface area contributed by atoms with Gasteiger partial charge in [-0.15, -0.1) is 0 Å². The van der Waals surface area contributed by atoms with Crippen molar-refractivity contribution >= 4 is 16.2 Å². The van der Waals surface area contributed by atoms with Crippen LogP contribution in [0.5, 0.6) is 0 Å². The minimum Gasteiger partial charge on any atom is -0.448 e. The van der Waals surface area contributed by atoms with Crippen LogP contribution in [0.25, 0.3) is 0 Å². The van der Waals surface area contributed by atoms with Crippen LogP contribution >= 0.6 is 0 Å². The number of nitrogens with zero attached hydrogens (tertiary/aromatic N) is 2. The number of nitrogens with two attached hydrogens (primary N) is 1. The van der Waals surface area contributed by atoms with E-state index in [1.54, 1.807) is 12.1 Å². The molecule has 0 saturated carbocycles. The molecular weight excluding hydrogens is 376 g/mol. The van der Waals surface area contributed by atoms with Crippen molar-refractivity contribution in [2.24, 2.45) is 10.8 Å². The Kier molecular flexibility index (Phi) is 5.47. The predicted octanol–water partition coefficient (Wildman–Crippen LogP) is 2.65. The third-order valence-corrected chi connectivity index (χ3v) is 5.42. The van der Waals surface area contributed by atoms with Gasteiger partial charge in [0.2, 0.25) is 5.88 Å². The van der Waals surface area contributed by atoms with Gasteiger partial charge in [0.1, 0.15) is 11.6 Å². The van der Waals surface area contributed by atoms with E-state index in [-0.39, 0.29) is 16.4 Å². The van der Waals surface area contributed by atoms with Crippen LogP contribution in [0.4, 0.5) is 0 Å². The highest BCUT2D eigenvalue weighted by Crippen LogP contribution is 2.35. The topological polar surface area (TPSA) is 118 Å². The summed E-state index contributed by atoms with van der Waals surface area (Å²) in [6, 6.07) is 17.7. The van der Waals surface area contributed by atoms with Gasteiger partial charge in [-0.1, -0.05) is 48.0 Å². The van der Waals surface area contributed by atoms with E-state index in [0.717, 1.165) is 11.1 Å². The molecule has 0 radical (unpaired) electrons. The van der Waals surface area contributed by atoms with Crippen molar-refractivity contribution in [2.45, 2.75) is 17.7 Å². The summed E-state index contributed by atoms with van der Waals surface area (Å²) < 4.78 is 29.9. The largest absolute Gasteiger partial charge is 0.448 e. The quantitative estimate of drug-likeness (QED) is 0.597. The van der Waals surface area contributed by atoms with Crippen molar-refractivity contribution in [3.05, 3.63) is 89.0 Å². The van der Waals surface area contributed by atoms with Gasteiger partial charge in [0, 0.05) is 5.57 Å². The number of sulfonamides is 1. The summed E-state index contributed by atoms with van der Waals surface area (Å²) in [5.74, 6) is -0.499. The SMILES string of the molecule is Cc1ccc(S(=O)(=O)N/N=C/C2=COC(N)=C(C#N)C2c2ccccc2)cc1. The molecule has 0 saturated heterocycles. The molecular formula is C20H18N4O3S. The number of allylic oxidation sites excluding steroid dienone is 2. The van der Waals surface area contributed by atoms with Gasteiger partial charge in [-0.05, 0) is 24.6 Å². The Bertz CT molecular complexity index is 1100. The first-order chi connectivity index (χ1) is 13.4. The van der Waals surface area contributed by atoms with Crippen LogP contribution in [0.15, 0.2) is 87.9 Å². The van der Waals surface area contributed by atoms with E-state index in [1.807, 2.05) is 37.3 Å². The molecule has 2 aromatic rings. The molecule has 0 aromatic heterocycles. The lowest BCUT2D eigenvalue weighted by atomic mass is 9.85. The third kappa shape index (κ3) is 4.05. The summed E-state index contributed by atoms with van der Waals surface area (Å²) in [5, 5.41) is 13.3. The van der Waals surface area contributed by atoms with Gasteiger partial charge in [-0.3, -0.25) is 0 Å². The maximum absolute atomic E-state index is 12.4. The van der Waals surface area contributed by atoms with Crippen LogP contribution in [-0.4, -0.2) is 14.6 Å². The second-order valence-corrected chi connectivity index (χ2v) is 7.80. The molecule has 1 heterocycles. The Morgan fingerprint density at radius 3 is 2.50 bits per heavy atom. The number of aryl methyl sites for hydroxylation is 1. The molecule has 0 fully saturated rings. The summed E-state index contributed by atoms with van der Waals surface area (Å²) >= 11 is 0. The first-order valence-corrected chi connectivity index (χ1v) is 9.83. The maximum Gasteiger partial charge on any atom is 0.276 e. The Morgan fingerprint density at radius 1 is 1.18 bits per heavy atom. The standard InChI is InChI=1S/C20H18N4O3S/c1-14-7-9-17(10-8-14)28(25,26)24-23-12-16-13-27-20(22)18(11-21)19(16)15-5-3-2-4-6-15/h2-10,12-13,19,24H,22H2,1H3/b23-12+. The Labute approximate surface area is 163 Å². The second kappa shape index (κ2) is 7.98. The average Bonchev–Trinajstić information content (AvgIpc) is 2.69. The molecule has 0 bridgehead atoms. The number of rotatable bonds is 5. The van der Waals surface area contributed by atoms with Crippen molar-refractivity contribution in [2.75, 3.05) is 0 Å². The van der Waals surface area contributed by atoms with Gasteiger partial charge in [-0.25, -0.2) is 4.83 Å². The first kappa shape index (κ1) is 19.2. The number of ether oxygens (including phenoxy) is 1. The van der Waals surface area contributed by atoms with E-state index in [4.69, 9.17) is 10.5 Å². The van der Waals surface area contributed by atoms with Crippen LogP contribution in [-0.2, 0) is 14.8 Å². The normalized spacial score (nSPS) is 17.0. The number of hydrazone groups is 1. The molecule has 1 aliphatic rings. The van der Waals surface area contributed by atoms with Crippen molar-refractivity contribution in [1.29, 1.82) is 5.26 Å². The van der Waals surface area contributed by atoms with Crippen LogP contribution in [0, 0.1) is 18.3 Å². The zero-order valence-electron chi connectivity index (χ0n) is 15.0. The highest BCUT2D eigenvalue weighted by molar-refractivity contribution is 7.89. The zero-order valence-corrected chi connectivity index (χ0v) is 15.8. The molecule has 2 aromatic carbocycles. The highest BCUT2D eigenvalue weighted by Gasteiger charge is 2.27. The zero-order chi connectivity index (χ0) is 20.1. The fourth-order valence-corrected chi connectivity index (χ4v) is 3.53. The molecule has 7 nitrogen and oxygen atoms in total. The summed E-state index contributed by atoms with van der Waals surface area (Å²) in [5.41, 5.74) is 8.28. The van der Waals surface area contributed by atoms with Crippen LogP contribution < -0.4 is 10.6 Å². The monoisotopic (exact) mass is 394 g/mol. The van der Waals surface area contributed by atoms with Gasteiger partial charge >= 0.3 is 0 Å². The summed E-state index contributed by atoms with van der Waals surface area (Å²) in [4.78, 5) is 2.28. The Balaban J connectivity index is 1.86. The van der Waals surface area contributed by atoms with Gasteiger partial charge < -0.3 is 10.5 Å². The Hall–Kier alpha value is -3.57.